The van der Waals surface area contributed by atoms with Crippen LogP contribution in [0, 0.1) is 0 Å². The molecule has 1 saturated carbocycles. The molecule has 0 amide bonds. The van der Waals surface area contributed by atoms with Crippen LogP contribution in [0.15, 0.2) is 0 Å². The summed E-state index contributed by atoms with van der Waals surface area (Å²) in [6, 6.07) is 0. The third-order valence-electron chi connectivity index (χ3n) is 11.2. The van der Waals surface area contributed by atoms with Gasteiger partial charge in [-0.05, 0) is 12.8 Å². The maximum atomic E-state index is 12.8. The Bertz CT molecular complexity index is 1030. The first-order valence-electron chi connectivity index (χ1n) is 23.3. The van der Waals surface area contributed by atoms with Crippen LogP contribution in [-0.2, 0) is 32.7 Å². The molecule has 0 spiro atoms. The maximum Gasteiger partial charge on any atom is 0.472 e. The summed E-state index contributed by atoms with van der Waals surface area (Å²) >= 11 is 0. The molecule has 58 heavy (non-hydrogen) atoms. The van der Waals surface area contributed by atoms with Gasteiger partial charge in [0, 0.05) is 12.8 Å². The van der Waals surface area contributed by atoms with Gasteiger partial charge in [-0.1, -0.05) is 187 Å². The van der Waals surface area contributed by atoms with Gasteiger partial charge in [0.05, 0.1) is 6.61 Å². The number of ether oxygens (including phenoxy) is 2. The zero-order chi connectivity index (χ0) is 42.9. The SMILES string of the molecule is CCCCCCCCCCCCCCCCCCCCC(=O)OC[C@H](COP(=O)(O)OC1C(O)C(O)C(O)[C@@H](O)C1O)OC(=O)CCCCCCCCCCCCC. The Labute approximate surface area is 351 Å². The monoisotopic (exact) mass is 853 g/mol. The van der Waals surface area contributed by atoms with Crippen LogP contribution in [0.5, 0.6) is 0 Å². The summed E-state index contributed by atoms with van der Waals surface area (Å²) < 4.78 is 33.5. The van der Waals surface area contributed by atoms with Crippen LogP contribution >= 0.6 is 7.82 Å². The van der Waals surface area contributed by atoms with Gasteiger partial charge in [0.2, 0.25) is 0 Å². The molecule has 6 unspecified atom stereocenters. The Kier molecular flexibility index (Phi) is 33.5. The van der Waals surface area contributed by atoms with E-state index < -0.39 is 75.7 Å². The van der Waals surface area contributed by atoms with Gasteiger partial charge in [-0.3, -0.25) is 18.6 Å². The van der Waals surface area contributed by atoms with Crippen LogP contribution in [-0.4, -0.2) is 98.3 Å². The second-order valence-corrected chi connectivity index (χ2v) is 18.0. The molecule has 13 nitrogen and oxygen atoms in total. The molecule has 0 bridgehead atoms. The molecule has 0 aromatic heterocycles. The van der Waals surface area contributed by atoms with Crippen LogP contribution in [0.3, 0.4) is 0 Å². The van der Waals surface area contributed by atoms with E-state index in [1.54, 1.807) is 0 Å². The molecular formula is C44H85O13P. The lowest BCUT2D eigenvalue weighted by Gasteiger charge is -2.41. The Morgan fingerprint density at radius 3 is 1.14 bits per heavy atom. The first kappa shape index (κ1) is 54.9. The van der Waals surface area contributed by atoms with Crippen LogP contribution in [0.1, 0.15) is 213 Å². The Morgan fingerprint density at radius 2 is 0.776 bits per heavy atom. The van der Waals surface area contributed by atoms with Crippen LogP contribution < -0.4 is 0 Å². The minimum Gasteiger partial charge on any atom is -0.462 e. The molecule has 8 atom stereocenters. The van der Waals surface area contributed by atoms with E-state index in [4.69, 9.17) is 18.5 Å². The summed E-state index contributed by atoms with van der Waals surface area (Å²) in [6.45, 7) is 3.31. The van der Waals surface area contributed by atoms with Crippen molar-refractivity contribution in [3.8, 4) is 0 Å². The number of aliphatic hydroxyl groups is 5. The molecule has 1 rings (SSSR count). The number of carbonyl (C=O) groups is 2. The molecule has 1 aliphatic rings. The topological polar surface area (TPSA) is 210 Å². The minimum atomic E-state index is -5.11. The number of rotatable bonds is 39. The minimum absolute atomic E-state index is 0.104. The predicted molar refractivity (Wildman–Crippen MR) is 226 cm³/mol. The molecule has 14 heteroatoms. The third kappa shape index (κ3) is 27.6. The number of aliphatic hydroxyl groups excluding tert-OH is 5. The first-order valence-corrected chi connectivity index (χ1v) is 24.8. The third-order valence-corrected chi connectivity index (χ3v) is 12.2. The van der Waals surface area contributed by atoms with Crippen LogP contribution in [0.25, 0.3) is 0 Å². The van der Waals surface area contributed by atoms with Crippen LogP contribution in [0.4, 0.5) is 0 Å². The number of phosphoric acid groups is 1. The standard InChI is InChI=1S/C44H85O13P/c1-3-5-7-9-11-13-15-16-17-18-19-20-21-23-24-26-28-30-32-37(45)54-34-36(56-38(46)33-31-29-27-25-22-14-12-10-8-6-4-2)35-55-58(52,53)57-44-42(50)40(48)39(47)41(49)43(44)51/h36,39-44,47-51H,3-35H2,1-2H3,(H,52,53)/t36-,39?,40-,41?,42?,43?,44?/m1/s1. The second kappa shape index (κ2) is 35.4. The highest BCUT2D eigenvalue weighted by molar-refractivity contribution is 7.47. The number of carbonyl (C=O) groups excluding carboxylic acids is 2. The van der Waals surface area contributed by atoms with Crippen molar-refractivity contribution in [2.24, 2.45) is 0 Å². The lowest BCUT2D eigenvalue weighted by Crippen LogP contribution is -2.64. The second-order valence-electron chi connectivity index (χ2n) is 16.6. The molecule has 1 aliphatic carbocycles. The molecule has 0 radical (unpaired) electrons. The van der Waals surface area contributed by atoms with Crippen molar-refractivity contribution < 1.29 is 63.1 Å². The van der Waals surface area contributed by atoms with Gasteiger partial charge in [-0.15, -0.1) is 0 Å². The van der Waals surface area contributed by atoms with E-state index >= 15 is 0 Å². The van der Waals surface area contributed by atoms with Gasteiger partial charge in [0.25, 0.3) is 0 Å². The summed E-state index contributed by atoms with van der Waals surface area (Å²) in [4.78, 5) is 35.6. The quantitative estimate of drug-likeness (QED) is 0.0194. The van der Waals surface area contributed by atoms with Crippen molar-refractivity contribution in [1.82, 2.24) is 0 Å². The van der Waals surface area contributed by atoms with Crippen molar-refractivity contribution in [3.63, 3.8) is 0 Å². The van der Waals surface area contributed by atoms with Crippen molar-refractivity contribution in [3.05, 3.63) is 0 Å². The fraction of sp³-hybridized carbons (Fsp3) is 0.955. The van der Waals surface area contributed by atoms with Gasteiger partial charge in [-0.25, -0.2) is 4.57 Å². The predicted octanol–water partition coefficient (Wildman–Crippen LogP) is 8.89. The molecule has 0 aromatic rings. The number of unbranched alkanes of at least 4 members (excludes halogenated alkanes) is 27. The number of phosphoric ester groups is 1. The molecule has 6 N–H and O–H groups in total. The van der Waals surface area contributed by atoms with Crippen molar-refractivity contribution in [2.75, 3.05) is 13.2 Å². The summed E-state index contributed by atoms with van der Waals surface area (Å²) in [5, 5.41) is 50.1. The van der Waals surface area contributed by atoms with E-state index in [0.29, 0.717) is 12.8 Å². The highest BCUT2D eigenvalue weighted by Crippen LogP contribution is 2.47. The van der Waals surface area contributed by atoms with Gasteiger partial charge >= 0.3 is 19.8 Å². The number of hydrogen-bond donors (Lipinski definition) is 6. The molecule has 1 fully saturated rings. The Balaban J connectivity index is 2.40. The van der Waals surface area contributed by atoms with Gasteiger partial charge in [-0.2, -0.15) is 0 Å². The van der Waals surface area contributed by atoms with Gasteiger partial charge in [0.1, 0.15) is 43.2 Å². The van der Waals surface area contributed by atoms with Gasteiger partial charge in [0.15, 0.2) is 6.10 Å². The first-order chi connectivity index (χ1) is 27.9. The lowest BCUT2D eigenvalue weighted by atomic mass is 9.85. The summed E-state index contributed by atoms with van der Waals surface area (Å²) in [5.74, 6) is -1.09. The van der Waals surface area contributed by atoms with Crippen molar-refractivity contribution in [2.45, 2.75) is 256 Å². The summed E-state index contributed by atoms with van der Waals surface area (Å²) in [7, 11) is -5.11. The Morgan fingerprint density at radius 1 is 0.466 bits per heavy atom. The van der Waals surface area contributed by atoms with E-state index in [-0.39, 0.29) is 12.8 Å². The van der Waals surface area contributed by atoms with E-state index in [1.807, 2.05) is 0 Å². The highest BCUT2D eigenvalue weighted by Gasteiger charge is 2.51. The molecule has 0 saturated heterocycles. The zero-order valence-electron chi connectivity index (χ0n) is 36.4. The highest BCUT2D eigenvalue weighted by atomic mass is 31.2. The summed E-state index contributed by atoms with van der Waals surface area (Å²) in [5.41, 5.74) is 0. The molecular weight excluding hydrogens is 767 g/mol. The smallest absolute Gasteiger partial charge is 0.462 e. The fourth-order valence-corrected chi connectivity index (χ4v) is 8.38. The van der Waals surface area contributed by atoms with E-state index in [0.717, 1.165) is 44.9 Å². The average molecular weight is 853 g/mol. The molecule has 344 valence electrons. The average Bonchev–Trinajstić information content (AvgIpc) is 3.20. The number of esters is 2. The van der Waals surface area contributed by atoms with Gasteiger partial charge < -0.3 is 39.9 Å². The van der Waals surface area contributed by atoms with Crippen molar-refractivity contribution in [1.29, 1.82) is 0 Å². The maximum absolute atomic E-state index is 12.8. The van der Waals surface area contributed by atoms with Crippen LogP contribution in [0.2, 0.25) is 0 Å². The van der Waals surface area contributed by atoms with E-state index in [1.165, 1.54) is 128 Å². The van der Waals surface area contributed by atoms with E-state index in [2.05, 4.69) is 13.8 Å². The lowest BCUT2D eigenvalue weighted by molar-refractivity contribution is -0.220. The largest absolute Gasteiger partial charge is 0.472 e. The zero-order valence-corrected chi connectivity index (χ0v) is 37.3. The normalized spacial score (nSPS) is 22.4. The molecule has 0 aliphatic heterocycles. The van der Waals surface area contributed by atoms with Crippen molar-refractivity contribution >= 4 is 19.8 Å². The Hall–Kier alpha value is -1.15. The molecule has 0 aromatic carbocycles. The fourth-order valence-electron chi connectivity index (χ4n) is 7.41. The van der Waals surface area contributed by atoms with E-state index in [9.17, 15) is 44.6 Å². The number of hydrogen-bond acceptors (Lipinski definition) is 12. The molecule has 0 heterocycles. The summed E-state index contributed by atoms with van der Waals surface area (Å²) in [6.07, 6.45) is 21.7.